The second-order valence-corrected chi connectivity index (χ2v) is 4.10. The first-order chi connectivity index (χ1) is 8.74. The standard InChI is InChI=1S/C13H18N4O/c1-14-11(8-10-6-4-5-7-15-10)12-9-13(18-3)17(2)16-12/h4-7,9,11,14H,8H2,1-3H3. The van der Waals surface area contributed by atoms with Crippen LogP contribution >= 0.6 is 0 Å². The molecule has 0 saturated carbocycles. The Kier molecular flexibility index (Phi) is 3.94. The first kappa shape index (κ1) is 12.6. The summed E-state index contributed by atoms with van der Waals surface area (Å²) in [5.74, 6) is 0.756. The summed E-state index contributed by atoms with van der Waals surface area (Å²) in [4.78, 5) is 4.34. The molecule has 96 valence electrons. The van der Waals surface area contributed by atoms with E-state index in [0.717, 1.165) is 23.7 Å². The van der Waals surface area contributed by atoms with E-state index < -0.39 is 0 Å². The Morgan fingerprint density at radius 2 is 2.28 bits per heavy atom. The van der Waals surface area contributed by atoms with Crippen LogP contribution in [0.4, 0.5) is 0 Å². The number of likely N-dealkylation sites (N-methyl/N-ethyl adjacent to an activating group) is 1. The van der Waals surface area contributed by atoms with Gasteiger partial charge in [0.1, 0.15) is 0 Å². The fourth-order valence-corrected chi connectivity index (χ4v) is 1.92. The number of rotatable bonds is 5. The average Bonchev–Trinajstić information content (AvgIpc) is 2.78. The number of hydrogen-bond acceptors (Lipinski definition) is 4. The number of methoxy groups -OCH3 is 1. The first-order valence-electron chi connectivity index (χ1n) is 5.89. The van der Waals surface area contributed by atoms with Gasteiger partial charge in [-0.05, 0) is 19.2 Å². The molecule has 0 radical (unpaired) electrons. The van der Waals surface area contributed by atoms with Gasteiger partial charge in [-0.25, -0.2) is 4.68 Å². The fourth-order valence-electron chi connectivity index (χ4n) is 1.92. The molecule has 2 heterocycles. The van der Waals surface area contributed by atoms with E-state index >= 15 is 0 Å². The van der Waals surface area contributed by atoms with E-state index in [1.54, 1.807) is 18.0 Å². The summed E-state index contributed by atoms with van der Waals surface area (Å²) in [5.41, 5.74) is 2.00. The van der Waals surface area contributed by atoms with Gasteiger partial charge in [-0.15, -0.1) is 0 Å². The maximum Gasteiger partial charge on any atom is 0.211 e. The van der Waals surface area contributed by atoms with Crippen molar-refractivity contribution in [3.05, 3.63) is 41.9 Å². The van der Waals surface area contributed by atoms with Crippen molar-refractivity contribution in [1.82, 2.24) is 20.1 Å². The van der Waals surface area contributed by atoms with E-state index in [0.29, 0.717) is 0 Å². The number of pyridine rings is 1. The van der Waals surface area contributed by atoms with Crippen molar-refractivity contribution < 1.29 is 4.74 Å². The van der Waals surface area contributed by atoms with Crippen molar-refractivity contribution in [2.75, 3.05) is 14.2 Å². The van der Waals surface area contributed by atoms with Crippen molar-refractivity contribution in [2.45, 2.75) is 12.5 Å². The minimum absolute atomic E-state index is 0.134. The Hall–Kier alpha value is -1.88. The Bertz CT molecular complexity index is 495. The van der Waals surface area contributed by atoms with E-state index in [4.69, 9.17) is 4.74 Å². The van der Waals surface area contributed by atoms with Gasteiger partial charge < -0.3 is 10.1 Å². The molecule has 2 aromatic rings. The fraction of sp³-hybridized carbons (Fsp3) is 0.385. The van der Waals surface area contributed by atoms with Gasteiger partial charge in [-0.1, -0.05) is 6.07 Å². The van der Waals surface area contributed by atoms with Gasteiger partial charge in [0, 0.05) is 31.4 Å². The zero-order chi connectivity index (χ0) is 13.0. The molecule has 1 atom stereocenters. The first-order valence-corrected chi connectivity index (χ1v) is 5.89. The van der Waals surface area contributed by atoms with Crippen LogP contribution in [0, 0.1) is 0 Å². The van der Waals surface area contributed by atoms with Crippen LogP contribution in [0.15, 0.2) is 30.5 Å². The van der Waals surface area contributed by atoms with Crippen LogP contribution in [0.25, 0.3) is 0 Å². The molecule has 0 aromatic carbocycles. The van der Waals surface area contributed by atoms with Crippen molar-refractivity contribution in [3.8, 4) is 5.88 Å². The van der Waals surface area contributed by atoms with Crippen molar-refractivity contribution in [1.29, 1.82) is 0 Å². The quantitative estimate of drug-likeness (QED) is 0.864. The van der Waals surface area contributed by atoms with Gasteiger partial charge in [0.2, 0.25) is 5.88 Å². The normalized spacial score (nSPS) is 12.4. The molecular weight excluding hydrogens is 228 g/mol. The van der Waals surface area contributed by atoms with Crippen LogP contribution in [0.2, 0.25) is 0 Å². The van der Waals surface area contributed by atoms with Gasteiger partial charge in [-0.2, -0.15) is 5.10 Å². The molecule has 5 heteroatoms. The van der Waals surface area contributed by atoms with Crippen LogP contribution in [0.5, 0.6) is 5.88 Å². The molecule has 0 spiro atoms. The predicted molar refractivity (Wildman–Crippen MR) is 69.5 cm³/mol. The summed E-state index contributed by atoms with van der Waals surface area (Å²) < 4.78 is 6.96. The van der Waals surface area contributed by atoms with E-state index in [1.165, 1.54) is 0 Å². The molecule has 5 nitrogen and oxygen atoms in total. The molecule has 0 aliphatic rings. The molecule has 2 rings (SSSR count). The third kappa shape index (κ3) is 2.68. The monoisotopic (exact) mass is 246 g/mol. The molecule has 0 fully saturated rings. The van der Waals surface area contributed by atoms with Crippen LogP contribution in [0.3, 0.4) is 0 Å². The van der Waals surface area contributed by atoms with Gasteiger partial charge >= 0.3 is 0 Å². The highest BCUT2D eigenvalue weighted by Crippen LogP contribution is 2.20. The SMILES string of the molecule is CNC(Cc1ccccn1)c1cc(OC)n(C)n1. The summed E-state index contributed by atoms with van der Waals surface area (Å²) in [7, 11) is 5.44. The molecule has 1 unspecified atom stereocenters. The van der Waals surface area contributed by atoms with E-state index in [1.807, 2.05) is 38.4 Å². The lowest BCUT2D eigenvalue weighted by molar-refractivity contribution is 0.373. The molecule has 2 aromatic heterocycles. The van der Waals surface area contributed by atoms with Crippen molar-refractivity contribution in [2.24, 2.45) is 7.05 Å². The maximum atomic E-state index is 5.23. The Labute approximate surface area is 107 Å². The average molecular weight is 246 g/mol. The van der Waals surface area contributed by atoms with E-state index in [-0.39, 0.29) is 6.04 Å². The zero-order valence-electron chi connectivity index (χ0n) is 10.9. The molecule has 18 heavy (non-hydrogen) atoms. The predicted octanol–water partition coefficient (Wildman–Crippen LogP) is 1.33. The molecule has 0 aliphatic carbocycles. The third-order valence-electron chi connectivity index (χ3n) is 2.91. The maximum absolute atomic E-state index is 5.23. The van der Waals surface area contributed by atoms with Gasteiger partial charge in [0.05, 0.1) is 18.8 Å². The number of ether oxygens (including phenoxy) is 1. The molecule has 0 amide bonds. The number of hydrogen-bond donors (Lipinski definition) is 1. The topological polar surface area (TPSA) is 52.0 Å². The van der Waals surface area contributed by atoms with Crippen molar-refractivity contribution >= 4 is 0 Å². The molecule has 0 saturated heterocycles. The summed E-state index contributed by atoms with van der Waals surface area (Å²) >= 11 is 0. The van der Waals surface area contributed by atoms with Crippen LogP contribution in [-0.2, 0) is 13.5 Å². The second kappa shape index (κ2) is 5.64. The van der Waals surface area contributed by atoms with Gasteiger partial charge in [0.25, 0.3) is 0 Å². The van der Waals surface area contributed by atoms with Crippen molar-refractivity contribution in [3.63, 3.8) is 0 Å². The van der Waals surface area contributed by atoms with E-state index in [9.17, 15) is 0 Å². The molecule has 0 bridgehead atoms. The largest absolute Gasteiger partial charge is 0.481 e. The number of nitrogens with zero attached hydrogens (tertiary/aromatic N) is 3. The minimum Gasteiger partial charge on any atom is -0.481 e. The second-order valence-electron chi connectivity index (χ2n) is 4.10. The van der Waals surface area contributed by atoms with Crippen LogP contribution < -0.4 is 10.1 Å². The number of aromatic nitrogens is 3. The lowest BCUT2D eigenvalue weighted by Gasteiger charge is -2.12. The third-order valence-corrected chi connectivity index (χ3v) is 2.91. The molecule has 1 N–H and O–H groups in total. The minimum atomic E-state index is 0.134. The highest BCUT2D eigenvalue weighted by molar-refractivity contribution is 5.20. The molecule has 0 aliphatic heterocycles. The Morgan fingerprint density at radius 3 is 2.83 bits per heavy atom. The van der Waals surface area contributed by atoms with Gasteiger partial charge in [-0.3, -0.25) is 4.98 Å². The Balaban J connectivity index is 2.17. The van der Waals surface area contributed by atoms with Gasteiger partial charge in [0.15, 0.2) is 0 Å². The highest BCUT2D eigenvalue weighted by atomic mass is 16.5. The van der Waals surface area contributed by atoms with E-state index in [2.05, 4.69) is 15.4 Å². The smallest absolute Gasteiger partial charge is 0.211 e. The lowest BCUT2D eigenvalue weighted by Crippen LogP contribution is -2.20. The number of aryl methyl sites for hydroxylation is 1. The van der Waals surface area contributed by atoms with Crippen LogP contribution in [-0.4, -0.2) is 28.9 Å². The summed E-state index contributed by atoms with van der Waals surface area (Å²) in [6, 6.07) is 8.01. The Morgan fingerprint density at radius 1 is 1.44 bits per heavy atom. The highest BCUT2D eigenvalue weighted by Gasteiger charge is 2.16. The van der Waals surface area contributed by atoms with Crippen LogP contribution in [0.1, 0.15) is 17.4 Å². The zero-order valence-corrected chi connectivity index (χ0v) is 10.9. The lowest BCUT2D eigenvalue weighted by atomic mass is 10.1. The molecular formula is C13H18N4O. The summed E-state index contributed by atoms with van der Waals surface area (Å²) in [6.45, 7) is 0. The summed E-state index contributed by atoms with van der Waals surface area (Å²) in [5, 5.41) is 7.71. The number of nitrogens with one attached hydrogen (secondary N) is 1. The summed E-state index contributed by atoms with van der Waals surface area (Å²) in [6.07, 6.45) is 2.61.